The van der Waals surface area contributed by atoms with E-state index >= 15 is 0 Å². The molecule has 0 bridgehead atoms. The predicted molar refractivity (Wildman–Crippen MR) is 127 cm³/mol. The van der Waals surface area contributed by atoms with Crippen LogP contribution in [0, 0.1) is 3.57 Å². The topological polar surface area (TPSA) is 64.9 Å². The third-order valence-corrected chi connectivity index (χ3v) is 6.36. The fourth-order valence-electron chi connectivity index (χ4n) is 4.12. The molecule has 1 aliphatic heterocycles. The van der Waals surface area contributed by atoms with E-state index in [1.54, 1.807) is 18.3 Å². The summed E-state index contributed by atoms with van der Waals surface area (Å²) in [6, 6.07) is 11.2. The molecule has 1 atom stereocenters. The Kier molecular flexibility index (Phi) is 6.51. The van der Waals surface area contributed by atoms with E-state index in [2.05, 4.69) is 55.3 Å². The first-order chi connectivity index (χ1) is 13.7. The van der Waals surface area contributed by atoms with Crippen LogP contribution in [0.3, 0.4) is 0 Å². The minimum Gasteiger partial charge on any atom is -0.507 e. The first kappa shape index (κ1) is 21.6. The molecule has 154 valence electrons. The van der Waals surface area contributed by atoms with Gasteiger partial charge in [0.25, 0.3) is 5.91 Å². The Morgan fingerprint density at radius 1 is 1.34 bits per heavy atom. The zero-order valence-corrected chi connectivity index (χ0v) is 19.5. The van der Waals surface area contributed by atoms with Crippen molar-refractivity contribution in [1.29, 1.82) is 0 Å². The highest BCUT2D eigenvalue weighted by Gasteiger charge is 2.35. The van der Waals surface area contributed by atoms with Gasteiger partial charge in [0.05, 0.1) is 9.78 Å². The van der Waals surface area contributed by atoms with Crippen LogP contribution in [0.25, 0.3) is 0 Å². The molecule has 0 aliphatic carbocycles. The van der Waals surface area contributed by atoms with Gasteiger partial charge in [0.1, 0.15) is 5.75 Å². The second kappa shape index (κ2) is 8.73. The van der Waals surface area contributed by atoms with Crippen LogP contribution in [0.1, 0.15) is 67.9 Å². The van der Waals surface area contributed by atoms with Crippen molar-refractivity contribution in [3.05, 3.63) is 56.7 Å². The second-order valence-corrected chi connectivity index (χ2v) is 9.42. The van der Waals surface area contributed by atoms with E-state index in [4.69, 9.17) is 0 Å². The first-order valence-electron chi connectivity index (χ1n) is 9.96. The maximum atomic E-state index is 12.2. The summed E-state index contributed by atoms with van der Waals surface area (Å²) in [6.45, 7) is 10.2. The predicted octanol–water partition coefficient (Wildman–Crippen LogP) is 5.26. The average Bonchev–Trinajstić information content (AvgIpc) is 2.67. The van der Waals surface area contributed by atoms with Gasteiger partial charge in [0.2, 0.25) is 0 Å². The molecule has 29 heavy (non-hydrogen) atoms. The molecule has 2 aromatic carbocycles. The molecule has 0 saturated heterocycles. The van der Waals surface area contributed by atoms with Crippen molar-refractivity contribution in [3.8, 4) is 5.75 Å². The molecule has 1 aliphatic rings. The van der Waals surface area contributed by atoms with Gasteiger partial charge in [-0.05, 0) is 96.7 Å². The van der Waals surface area contributed by atoms with Crippen LogP contribution in [-0.2, 0) is 0 Å². The van der Waals surface area contributed by atoms with Crippen molar-refractivity contribution in [2.45, 2.75) is 52.0 Å². The van der Waals surface area contributed by atoms with Crippen LogP contribution in [-0.4, -0.2) is 29.3 Å². The van der Waals surface area contributed by atoms with E-state index in [0.29, 0.717) is 15.1 Å². The number of benzene rings is 2. The zero-order valence-electron chi connectivity index (χ0n) is 17.4. The van der Waals surface area contributed by atoms with E-state index in [1.807, 2.05) is 28.7 Å². The van der Waals surface area contributed by atoms with Gasteiger partial charge in [-0.25, -0.2) is 5.43 Å². The highest BCUT2D eigenvalue weighted by Crippen LogP contribution is 2.43. The van der Waals surface area contributed by atoms with Crippen molar-refractivity contribution < 1.29 is 9.90 Å². The summed E-state index contributed by atoms with van der Waals surface area (Å²) in [4.78, 5) is 14.7. The fourth-order valence-corrected chi connectivity index (χ4v) is 4.46. The first-order valence-corrected chi connectivity index (χ1v) is 11.0. The molecule has 0 radical (unpaired) electrons. The van der Waals surface area contributed by atoms with Crippen LogP contribution in [0.2, 0.25) is 0 Å². The lowest BCUT2D eigenvalue weighted by Crippen LogP contribution is -2.48. The van der Waals surface area contributed by atoms with E-state index < -0.39 is 0 Å². The number of carbonyl (C=O) groups is 1. The molecule has 1 unspecified atom stereocenters. The molecule has 0 spiro atoms. The number of fused-ring (bicyclic) bond motifs is 1. The van der Waals surface area contributed by atoms with Gasteiger partial charge >= 0.3 is 0 Å². The third kappa shape index (κ3) is 4.74. The quantitative estimate of drug-likeness (QED) is 0.331. The van der Waals surface area contributed by atoms with Crippen LogP contribution in [0.5, 0.6) is 5.75 Å². The molecule has 1 amide bonds. The van der Waals surface area contributed by atoms with E-state index in [1.165, 1.54) is 17.3 Å². The average molecular weight is 505 g/mol. The summed E-state index contributed by atoms with van der Waals surface area (Å²) >= 11 is 2.01. The summed E-state index contributed by atoms with van der Waals surface area (Å²) in [7, 11) is 0. The Balaban J connectivity index is 1.76. The van der Waals surface area contributed by atoms with Crippen LogP contribution in [0.4, 0.5) is 5.69 Å². The fraction of sp³-hybridized carbons (Fsp3) is 0.391. The smallest absolute Gasteiger partial charge is 0.271 e. The van der Waals surface area contributed by atoms with Gasteiger partial charge in [-0.3, -0.25) is 4.79 Å². The number of phenols is 1. The summed E-state index contributed by atoms with van der Waals surface area (Å²) in [5.74, 6) is 0.200. The molecule has 2 N–H and O–H groups in total. The molecule has 0 aromatic heterocycles. The number of halogens is 1. The van der Waals surface area contributed by atoms with Crippen molar-refractivity contribution in [3.63, 3.8) is 0 Å². The number of phenolic OH excluding ortho intramolecular Hbond substituents is 1. The number of nitrogens with zero attached hydrogens (tertiary/aromatic N) is 2. The minimum atomic E-state index is -0.352. The number of hydrogen-bond acceptors (Lipinski definition) is 4. The van der Waals surface area contributed by atoms with Gasteiger partial charge in [-0.2, -0.15) is 5.10 Å². The van der Waals surface area contributed by atoms with E-state index in [-0.39, 0.29) is 17.2 Å². The molecule has 1 heterocycles. The normalized spacial score (nSPS) is 18.0. The molecular formula is C23H28IN3O2. The number of hydrazone groups is 1. The maximum absolute atomic E-state index is 12.2. The Hall–Kier alpha value is -2.09. The number of carbonyl (C=O) groups excluding carboxylic acids is 1. The molecule has 0 saturated carbocycles. The molecule has 2 aromatic rings. The minimum absolute atomic E-state index is 0.0884. The number of aromatic hydroxyl groups is 1. The number of amides is 1. The lowest BCUT2D eigenvalue weighted by molar-refractivity contribution is 0.0954. The monoisotopic (exact) mass is 505 g/mol. The highest BCUT2D eigenvalue weighted by molar-refractivity contribution is 14.1. The van der Waals surface area contributed by atoms with E-state index in [0.717, 1.165) is 24.9 Å². The molecule has 6 heteroatoms. The Bertz CT molecular complexity index is 940. The lowest BCUT2D eigenvalue weighted by atomic mass is 9.79. The molecular weight excluding hydrogens is 477 g/mol. The van der Waals surface area contributed by atoms with Crippen molar-refractivity contribution >= 4 is 40.4 Å². The molecule has 5 nitrogen and oxygen atoms in total. The summed E-state index contributed by atoms with van der Waals surface area (Å²) in [5.41, 5.74) is 6.63. The molecule has 0 fully saturated rings. The van der Waals surface area contributed by atoms with Crippen LogP contribution >= 0.6 is 22.6 Å². The van der Waals surface area contributed by atoms with Crippen molar-refractivity contribution in [2.75, 3.05) is 11.4 Å². The second-order valence-electron chi connectivity index (χ2n) is 8.25. The van der Waals surface area contributed by atoms with Gasteiger partial charge in [0, 0.05) is 23.3 Å². The molecule has 3 rings (SSSR count). The number of rotatable bonds is 5. The SMILES string of the molecule is CCCN1c2ccc(/C=N\NC(=O)c3ccc(I)c(O)c3)cc2C(C)CC1(C)C. The van der Waals surface area contributed by atoms with Gasteiger partial charge in [0.15, 0.2) is 0 Å². The summed E-state index contributed by atoms with van der Waals surface area (Å²) in [5, 5.41) is 13.9. The standard InChI is InChI=1S/C23H28IN3O2/c1-5-10-27-20-9-6-16(11-18(20)15(2)13-23(27,3)4)14-25-26-22(29)17-7-8-19(24)21(28)12-17/h6-9,11-12,14-15,28H,5,10,13H2,1-4H3,(H,26,29)/b25-14-. The Morgan fingerprint density at radius 2 is 2.10 bits per heavy atom. The van der Waals surface area contributed by atoms with Crippen molar-refractivity contribution in [1.82, 2.24) is 5.43 Å². The summed E-state index contributed by atoms with van der Waals surface area (Å²) in [6.07, 6.45) is 3.88. The lowest BCUT2D eigenvalue weighted by Gasteiger charge is -2.47. The number of anilines is 1. The third-order valence-electron chi connectivity index (χ3n) is 5.44. The summed E-state index contributed by atoms with van der Waals surface area (Å²) < 4.78 is 0.700. The van der Waals surface area contributed by atoms with E-state index in [9.17, 15) is 9.90 Å². The number of nitrogens with one attached hydrogen (secondary N) is 1. The zero-order chi connectivity index (χ0) is 21.2. The van der Waals surface area contributed by atoms with Crippen LogP contribution in [0.15, 0.2) is 41.5 Å². The van der Waals surface area contributed by atoms with Gasteiger partial charge < -0.3 is 10.0 Å². The Morgan fingerprint density at radius 3 is 2.79 bits per heavy atom. The maximum Gasteiger partial charge on any atom is 0.271 e. The Labute approximate surface area is 186 Å². The van der Waals surface area contributed by atoms with Gasteiger partial charge in [-0.1, -0.05) is 19.9 Å². The van der Waals surface area contributed by atoms with Crippen molar-refractivity contribution in [2.24, 2.45) is 5.10 Å². The van der Waals surface area contributed by atoms with Gasteiger partial charge in [-0.15, -0.1) is 0 Å². The van der Waals surface area contributed by atoms with Crippen LogP contribution < -0.4 is 10.3 Å². The highest BCUT2D eigenvalue weighted by atomic mass is 127. The largest absolute Gasteiger partial charge is 0.507 e. The number of hydrogen-bond donors (Lipinski definition) is 2.